The highest BCUT2D eigenvalue weighted by molar-refractivity contribution is 9.10. The summed E-state index contributed by atoms with van der Waals surface area (Å²) in [4.78, 5) is 16.9. The fourth-order valence-electron chi connectivity index (χ4n) is 2.83. The van der Waals surface area contributed by atoms with Gasteiger partial charge in [-0.1, -0.05) is 48.0 Å². The van der Waals surface area contributed by atoms with E-state index in [4.69, 9.17) is 10.5 Å². The Morgan fingerprint density at radius 3 is 2.50 bits per heavy atom. The topological polar surface area (TPSA) is 76.7 Å². The molecular weight excluding hydrogens is 394 g/mol. The molecule has 0 heterocycles. The summed E-state index contributed by atoms with van der Waals surface area (Å²) in [7, 11) is 1.53. The number of hydrogen-bond donors (Lipinski definition) is 2. The highest BCUT2D eigenvalue weighted by atomic mass is 79.9. The van der Waals surface area contributed by atoms with Crippen LogP contribution in [0.15, 0.2) is 27.7 Å². The molecule has 1 aromatic rings. The molecule has 7 heteroatoms. The van der Waals surface area contributed by atoms with E-state index < -0.39 is 0 Å². The van der Waals surface area contributed by atoms with Gasteiger partial charge in [-0.2, -0.15) is 0 Å². The van der Waals surface area contributed by atoms with Crippen LogP contribution < -0.4 is 15.8 Å². The van der Waals surface area contributed by atoms with Crippen molar-refractivity contribution in [1.29, 1.82) is 0 Å². The average Bonchev–Trinajstić information content (AvgIpc) is 2.49. The number of nitrogens with zero attached hydrogens (tertiary/aromatic N) is 1. The van der Waals surface area contributed by atoms with Crippen molar-refractivity contribution < 1.29 is 9.53 Å². The van der Waals surface area contributed by atoms with Crippen LogP contribution in [0.1, 0.15) is 55.3 Å². The summed E-state index contributed by atoms with van der Waals surface area (Å²) in [6.45, 7) is 0. The second-order valence-corrected chi connectivity index (χ2v) is 6.73. The molecule has 2 rings (SSSR count). The molecule has 1 amide bonds. The number of nitrogens with one attached hydrogen (secondary N) is 1. The van der Waals surface area contributed by atoms with Gasteiger partial charge in [0.2, 0.25) is 0 Å². The van der Waals surface area contributed by atoms with Crippen LogP contribution in [0.4, 0.5) is 0 Å². The summed E-state index contributed by atoms with van der Waals surface area (Å²) >= 11 is 3.36. The molecule has 0 spiro atoms. The predicted octanol–water partition coefficient (Wildman–Crippen LogP) is 4.04. The third kappa shape index (κ3) is 6.32. The van der Waals surface area contributed by atoms with Crippen LogP contribution in [-0.2, 0) is 0 Å². The minimum Gasteiger partial charge on any atom is -0.496 e. The number of methoxy groups -OCH3 is 1. The van der Waals surface area contributed by atoms with Crippen LogP contribution in [0.3, 0.4) is 0 Å². The second kappa shape index (κ2) is 10.6. The van der Waals surface area contributed by atoms with Gasteiger partial charge in [0.05, 0.1) is 18.7 Å². The maximum absolute atomic E-state index is 12.4. The summed E-state index contributed by atoms with van der Waals surface area (Å²) in [5.74, 6) is 0.377. The molecule has 0 atom stereocenters. The molecular formula is C17H25BrClN3O2. The van der Waals surface area contributed by atoms with Crippen molar-refractivity contribution in [3.8, 4) is 5.75 Å². The lowest BCUT2D eigenvalue weighted by atomic mass is 9.97. The van der Waals surface area contributed by atoms with E-state index in [1.54, 1.807) is 12.1 Å². The highest BCUT2D eigenvalue weighted by Crippen LogP contribution is 2.23. The summed E-state index contributed by atoms with van der Waals surface area (Å²) in [6, 6.07) is 5.47. The van der Waals surface area contributed by atoms with E-state index in [9.17, 15) is 4.79 Å². The molecule has 1 fully saturated rings. The van der Waals surface area contributed by atoms with Crippen molar-refractivity contribution in [1.82, 2.24) is 5.32 Å². The SMILES string of the molecule is COc1ccc(Br)cc1C(=O)NC(N)=NC1CCCCCCC1.Cl. The van der Waals surface area contributed by atoms with Crippen molar-refractivity contribution in [2.24, 2.45) is 10.7 Å². The lowest BCUT2D eigenvalue weighted by Crippen LogP contribution is -2.38. The largest absolute Gasteiger partial charge is 0.496 e. The molecule has 24 heavy (non-hydrogen) atoms. The first-order valence-corrected chi connectivity index (χ1v) is 8.87. The van der Waals surface area contributed by atoms with E-state index in [-0.39, 0.29) is 30.3 Å². The highest BCUT2D eigenvalue weighted by Gasteiger charge is 2.15. The zero-order valence-electron chi connectivity index (χ0n) is 13.9. The standard InChI is InChI=1S/C17H24BrN3O2.ClH/c1-23-15-10-9-12(18)11-14(15)16(22)21-17(19)20-13-7-5-3-2-4-6-8-13;/h9-11,13H,2-8H2,1H3,(H3,19,20,21,22);1H. The van der Waals surface area contributed by atoms with E-state index in [0.29, 0.717) is 11.3 Å². The zero-order chi connectivity index (χ0) is 16.7. The van der Waals surface area contributed by atoms with Crippen molar-refractivity contribution in [2.75, 3.05) is 7.11 Å². The van der Waals surface area contributed by atoms with Crippen molar-refractivity contribution in [3.63, 3.8) is 0 Å². The van der Waals surface area contributed by atoms with Gasteiger partial charge in [-0.05, 0) is 31.0 Å². The van der Waals surface area contributed by atoms with Crippen LogP contribution in [0.2, 0.25) is 0 Å². The number of halogens is 2. The van der Waals surface area contributed by atoms with Gasteiger partial charge in [-0.3, -0.25) is 10.1 Å². The van der Waals surface area contributed by atoms with Gasteiger partial charge in [0.15, 0.2) is 5.96 Å². The van der Waals surface area contributed by atoms with Crippen LogP contribution in [0, 0.1) is 0 Å². The van der Waals surface area contributed by atoms with Gasteiger partial charge in [0, 0.05) is 4.47 Å². The first-order valence-electron chi connectivity index (χ1n) is 8.08. The molecule has 0 radical (unpaired) electrons. The number of rotatable bonds is 3. The molecule has 0 aliphatic heterocycles. The fraction of sp³-hybridized carbons (Fsp3) is 0.529. The molecule has 1 aromatic carbocycles. The minimum absolute atomic E-state index is 0. The fourth-order valence-corrected chi connectivity index (χ4v) is 3.20. The number of guanidine groups is 1. The first-order chi connectivity index (χ1) is 11.1. The smallest absolute Gasteiger partial charge is 0.261 e. The molecule has 5 nitrogen and oxygen atoms in total. The number of carbonyl (C=O) groups is 1. The van der Waals surface area contributed by atoms with Crippen molar-refractivity contribution in [2.45, 2.75) is 51.0 Å². The second-order valence-electron chi connectivity index (χ2n) is 5.81. The van der Waals surface area contributed by atoms with Gasteiger partial charge >= 0.3 is 0 Å². The number of carbonyl (C=O) groups excluding carboxylic acids is 1. The predicted molar refractivity (Wildman–Crippen MR) is 103 cm³/mol. The Hall–Kier alpha value is -1.27. The lowest BCUT2D eigenvalue weighted by molar-refractivity contribution is 0.0973. The van der Waals surface area contributed by atoms with Crippen molar-refractivity contribution >= 4 is 40.2 Å². The van der Waals surface area contributed by atoms with Crippen molar-refractivity contribution in [3.05, 3.63) is 28.2 Å². The Labute approximate surface area is 158 Å². The third-order valence-electron chi connectivity index (χ3n) is 4.04. The number of benzene rings is 1. The maximum atomic E-state index is 12.4. The molecule has 0 unspecified atom stereocenters. The molecule has 1 saturated carbocycles. The Balaban J connectivity index is 0.00000288. The van der Waals surface area contributed by atoms with Crippen LogP contribution in [0.25, 0.3) is 0 Å². The number of ether oxygens (including phenoxy) is 1. The maximum Gasteiger partial charge on any atom is 0.261 e. The van der Waals surface area contributed by atoms with Crippen LogP contribution >= 0.6 is 28.3 Å². The van der Waals surface area contributed by atoms with E-state index in [2.05, 4.69) is 26.2 Å². The zero-order valence-corrected chi connectivity index (χ0v) is 16.3. The molecule has 1 aliphatic rings. The molecule has 0 aromatic heterocycles. The van der Waals surface area contributed by atoms with Crippen LogP contribution in [0.5, 0.6) is 5.75 Å². The van der Waals surface area contributed by atoms with Gasteiger partial charge in [0.25, 0.3) is 5.91 Å². The van der Waals surface area contributed by atoms with Gasteiger partial charge in [-0.15, -0.1) is 12.4 Å². The van der Waals surface area contributed by atoms with E-state index in [1.807, 2.05) is 6.07 Å². The Bertz CT molecular complexity index is 573. The number of amides is 1. The Kier molecular flexibility index (Phi) is 9.14. The molecule has 1 aliphatic carbocycles. The summed E-state index contributed by atoms with van der Waals surface area (Å²) in [5.41, 5.74) is 6.36. The van der Waals surface area contributed by atoms with Gasteiger partial charge in [-0.25, -0.2) is 4.99 Å². The minimum atomic E-state index is -0.310. The molecule has 0 bridgehead atoms. The van der Waals surface area contributed by atoms with E-state index in [1.165, 1.54) is 39.2 Å². The van der Waals surface area contributed by atoms with Gasteiger partial charge < -0.3 is 10.5 Å². The Morgan fingerprint density at radius 1 is 1.25 bits per heavy atom. The average molecular weight is 419 g/mol. The number of hydrogen-bond acceptors (Lipinski definition) is 3. The summed E-state index contributed by atoms with van der Waals surface area (Å²) in [5, 5.41) is 2.67. The molecule has 0 saturated heterocycles. The number of nitrogens with two attached hydrogens (primary N) is 1. The van der Waals surface area contributed by atoms with Gasteiger partial charge in [0.1, 0.15) is 5.75 Å². The van der Waals surface area contributed by atoms with E-state index >= 15 is 0 Å². The quantitative estimate of drug-likeness (QED) is 0.574. The Morgan fingerprint density at radius 2 is 1.88 bits per heavy atom. The monoisotopic (exact) mass is 417 g/mol. The number of aliphatic imine (C=N–C) groups is 1. The van der Waals surface area contributed by atoms with E-state index in [0.717, 1.165) is 17.3 Å². The lowest BCUT2D eigenvalue weighted by Gasteiger charge is -2.17. The third-order valence-corrected chi connectivity index (χ3v) is 4.54. The van der Waals surface area contributed by atoms with Crippen LogP contribution in [-0.4, -0.2) is 25.0 Å². The molecule has 3 N–H and O–H groups in total. The molecule has 134 valence electrons. The summed E-state index contributed by atoms with van der Waals surface area (Å²) < 4.78 is 6.03. The summed E-state index contributed by atoms with van der Waals surface area (Å²) in [6.07, 6.45) is 8.25. The normalized spacial score (nSPS) is 16.5. The first kappa shape index (κ1) is 20.8.